The van der Waals surface area contributed by atoms with Gasteiger partial charge in [-0.05, 0) is 38.5 Å². The van der Waals surface area contributed by atoms with E-state index in [-0.39, 0.29) is 19.4 Å². The van der Waals surface area contributed by atoms with E-state index in [0.717, 1.165) is 38.5 Å². The quantitative estimate of drug-likeness (QED) is 0.0585. The van der Waals surface area contributed by atoms with E-state index in [4.69, 9.17) is 24.8 Å². The number of phosphoric ester groups is 1. The Morgan fingerprint density at radius 1 is 0.789 bits per heavy atom. The van der Waals surface area contributed by atoms with Gasteiger partial charge in [0, 0.05) is 12.8 Å². The molecule has 0 fully saturated rings. The van der Waals surface area contributed by atoms with Gasteiger partial charge in [0.15, 0.2) is 6.10 Å². The second-order valence-corrected chi connectivity index (χ2v) is 10.6. The van der Waals surface area contributed by atoms with Crippen molar-refractivity contribution in [3.63, 3.8) is 0 Å². The summed E-state index contributed by atoms with van der Waals surface area (Å²) in [5, 5.41) is 8.73. The normalized spacial score (nSPS) is 14.6. The standard InChI is InChI=1S/C26H48NO10P/c1-3-5-6-7-8-9-10-11-12-13-14-15-16-18-25(29)37-22(19-34-24(28)17-4-2)20-35-38(32,33)36-21-23(27)26(30)31/h9-10,22-23H,3-8,11-21,27H2,1-2H3,(H,30,31)(H,32,33)/b10-9-. The van der Waals surface area contributed by atoms with Crippen LogP contribution in [0.4, 0.5) is 0 Å². The van der Waals surface area contributed by atoms with E-state index in [1.807, 2.05) is 0 Å². The zero-order chi connectivity index (χ0) is 28.7. The maximum absolute atomic E-state index is 12.3. The van der Waals surface area contributed by atoms with Crippen molar-refractivity contribution >= 4 is 25.7 Å². The number of hydrogen-bond donors (Lipinski definition) is 3. The Morgan fingerprint density at radius 3 is 1.97 bits per heavy atom. The first kappa shape index (κ1) is 36.2. The first-order valence-corrected chi connectivity index (χ1v) is 15.2. The van der Waals surface area contributed by atoms with Crippen molar-refractivity contribution in [2.24, 2.45) is 5.73 Å². The van der Waals surface area contributed by atoms with Crippen LogP contribution in [0.15, 0.2) is 12.2 Å². The lowest BCUT2D eigenvalue weighted by atomic mass is 10.1. The molecule has 0 amide bonds. The largest absolute Gasteiger partial charge is 0.480 e. The Kier molecular flexibility index (Phi) is 22.1. The zero-order valence-corrected chi connectivity index (χ0v) is 23.9. The summed E-state index contributed by atoms with van der Waals surface area (Å²) in [5.41, 5.74) is 5.24. The minimum Gasteiger partial charge on any atom is -0.480 e. The first-order chi connectivity index (χ1) is 18.1. The molecule has 0 radical (unpaired) electrons. The van der Waals surface area contributed by atoms with Crippen LogP contribution in [0.25, 0.3) is 0 Å². The number of phosphoric acid groups is 1. The predicted molar refractivity (Wildman–Crippen MR) is 143 cm³/mol. The number of carboxylic acid groups (broad SMARTS) is 1. The van der Waals surface area contributed by atoms with Crippen LogP contribution in [0, 0.1) is 0 Å². The fourth-order valence-electron chi connectivity index (χ4n) is 3.27. The average Bonchev–Trinajstić information content (AvgIpc) is 2.87. The third-order valence-corrected chi connectivity index (χ3v) is 6.43. The van der Waals surface area contributed by atoms with Gasteiger partial charge in [0.2, 0.25) is 0 Å². The van der Waals surface area contributed by atoms with Gasteiger partial charge in [-0.2, -0.15) is 0 Å². The van der Waals surface area contributed by atoms with Crippen LogP contribution in [0.3, 0.4) is 0 Å². The van der Waals surface area contributed by atoms with Crippen molar-refractivity contribution in [1.29, 1.82) is 0 Å². The van der Waals surface area contributed by atoms with E-state index >= 15 is 0 Å². The van der Waals surface area contributed by atoms with E-state index in [2.05, 4.69) is 23.6 Å². The first-order valence-electron chi connectivity index (χ1n) is 13.7. The second kappa shape index (κ2) is 23.1. The topological polar surface area (TPSA) is 172 Å². The minimum atomic E-state index is -4.67. The van der Waals surface area contributed by atoms with Gasteiger partial charge in [-0.1, -0.05) is 64.5 Å². The highest BCUT2D eigenvalue weighted by Crippen LogP contribution is 2.43. The van der Waals surface area contributed by atoms with E-state index in [9.17, 15) is 23.8 Å². The van der Waals surface area contributed by atoms with Gasteiger partial charge in [0.05, 0.1) is 13.2 Å². The highest BCUT2D eigenvalue weighted by atomic mass is 31.2. The lowest BCUT2D eigenvalue weighted by molar-refractivity contribution is -0.161. The molecular weight excluding hydrogens is 517 g/mol. The van der Waals surface area contributed by atoms with Gasteiger partial charge in [-0.15, -0.1) is 0 Å². The average molecular weight is 566 g/mol. The fraction of sp³-hybridized carbons (Fsp3) is 0.808. The lowest BCUT2D eigenvalue weighted by Crippen LogP contribution is -2.34. The summed E-state index contributed by atoms with van der Waals surface area (Å²) < 4.78 is 31.7. The third-order valence-electron chi connectivity index (χ3n) is 5.48. The van der Waals surface area contributed by atoms with Crippen LogP contribution >= 0.6 is 7.82 Å². The van der Waals surface area contributed by atoms with Crippen molar-refractivity contribution in [3.8, 4) is 0 Å². The Morgan fingerprint density at radius 2 is 1.37 bits per heavy atom. The van der Waals surface area contributed by atoms with Crippen LogP contribution in [-0.2, 0) is 37.5 Å². The molecule has 4 N–H and O–H groups in total. The molecule has 0 aliphatic rings. The summed E-state index contributed by atoms with van der Waals surface area (Å²) >= 11 is 0. The van der Waals surface area contributed by atoms with Crippen LogP contribution in [-0.4, -0.2) is 59.9 Å². The Balaban J connectivity index is 4.33. The molecule has 0 saturated heterocycles. The molecule has 0 saturated carbocycles. The highest BCUT2D eigenvalue weighted by Gasteiger charge is 2.28. The van der Waals surface area contributed by atoms with Crippen molar-refractivity contribution in [3.05, 3.63) is 12.2 Å². The third kappa shape index (κ3) is 22.2. The molecule has 11 nitrogen and oxygen atoms in total. The molecule has 0 bridgehead atoms. The molecule has 222 valence electrons. The number of carboxylic acids is 1. The number of ether oxygens (including phenoxy) is 2. The number of nitrogens with two attached hydrogens (primary N) is 1. The van der Waals surface area contributed by atoms with E-state index in [1.54, 1.807) is 6.92 Å². The Hall–Kier alpha value is -1.78. The zero-order valence-electron chi connectivity index (χ0n) is 23.0. The van der Waals surface area contributed by atoms with Crippen molar-refractivity contribution in [1.82, 2.24) is 0 Å². The smallest absolute Gasteiger partial charge is 0.472 e. The molecule has 0 aliphatic heterocycles. The summed E-state index contributed by atoms with van der Waals surface area (Å²) in [6.07, 6.45) is 16.3. The van der Waals surface area contributed by atoms with Gasteiger partial charge in [-0.3, -0.25) is 23.4 Å². The van der Waals surface area contributed by atoms with Crippen molar-refractivity contribution in [2.75, 3.05) is 19.8 Å². The molecule has 0 aliphatic carbocycles. The van der Waals surface area contributed by atoms with Crippen LogP contribution < -0.4 is 5.73 Å². The van der Waals surface area contributed by atoms with Crippen LogP contribution in [0.2, 0.25) is 0 Å². The highest BCUT2D eigenvalue weighted by molar-refractivity contribution is 7.47. The summed E-state index contributed by atoms with van der Waals surface area (Å²) in [7, 11) is -4.67. The molecule has 12 heteroatoms. The summed E-state index contributed by atoms with van der Waals surface area (Å²) in [6, 6.07) is -1.51. The summed E-state index contributed by atoms with van der Waals surface area (Å²) in [4.78, 5) is 44.4. The van der Waals surface area contributed by atoms with E-state index in [0.29, 0.717) is 12.8 Å². The molecule has 3 unspecified atom stereocenters. The lowest BCUT2D eigenvalue weighted by Gasteiger charge is -2.20. The summed E-state index contributed by atoms with van der Waals surface area (Å²) in [6.45, 7) is 2.31. The Bertz CT molecular complexity index is 731. The maximum atomic E-state index is 12.3. The maximum Gasteiger partial charge on any atom is 0.472 e. The van der Waals surface area contributed by atoms with Crippen molar-refractivity contribution < 1.29 is 47.5 Å². The van der Waals surface area contributed by atoms with E-state index in [1.165, 1.54) is 25.7 Å². The van der Waals surface area contributed by atoms with Crippen molar-refractivity contribution in [2.45, 2.75) is 116 Å². The number of carbonyl (C=O) groups is 3. The molecular formula is C26H48NO10P. The van der Waals surface area contributed by atoms with Gasteiger partial charge in [-0.25, -0.2) is 4.57 Å². The number of carbonyl (C=O) groups excluding carboxylic acids is 2. The van der Waals surface area contributed by atoms with Gasteiger partial charge in [0.1, 0.15) is 12.6 Å². The van der Waals surface area contributed by atoms with Gasteiger partial charge < -0.3 is 25.2 Å². The summed E-state index contributed by atoms with van der Waals surface area (Å²) in [5.74, 6) is -2.46. The van der Waals surface area contributed by atoms with E-state index < -0.39 is 51.1 Å². The van der Waals surface area contributed by atoms with Gasteiger partial charge in [0.25, 0.3) is 0 Å². The SMILES string of the molecule is CCCCCC/C=C\CCCCCCCC(=O)OC(COC(=O)CCC)COP(=O)(O)OCC(N)C(=O)O. The number of aliphatic carboxylic acids is 1. The second-order valence-electron chi connectivity index (χ2n) is 9.18. The molecule has 0 aromatic rings. The monoisotopic (exact) mass is 565 g/mol. The Labute approximate surface area is 227 Å². The molecule has 0 aromatic carbocycles. The number of hydrogen-bond acceptors (Lipinski definition) is 9. The van der Waals surface area contributed by atoms with Crippen LogP contribution in [0.5, 0.6) is 0 Å². The molecule has 0 spiro atoms. The molecule has 38 heavy (non-hydrogen) atoms. The number of esters is 2. The number of rotatable bonds is 25. The molecule has 0 aromatic heterocycles. The number of unbranched alkanes of at least 4 members (excludes halogenated alkanes) is 9. The fourth-order valence-corrected chi connectivity index (χ4v) is 4.05. The minimum absolute atomic E-state index is 0.151. The molecule has 3 atom stereocenters. The molecule has 0 heterocycles. The van der Waals surface area contributed by atoms with Crippen LogP contribution in [0.1, 0.15) is 104 Å². The predicted octanol–water partition coefficient (Wildman–Crippen LogP) is 5.04. The molecule has 0 rings (SSSR count). The number of allylic oxidation sites excluding steroid dienone is 2. The van der Waals surface area contributed by atoms with Gasteiger partial charge >= 0.3 is 25.7 Å².